The third-order valence-electron chi connectivity index (χ3n) is 4.47. The zero-order valence-electron chi connectivity index (χ0n) is 17.6. The van der Waals surface area contributed by atoms with Gasteiger partial charge in [-0.15, -0.1) is 0 Å². The Labute approximate surface area is 226 Å². The van der Waals surface area contributed by atoms with Crippen molar-refractivity contribution in [3.05, 3.63) is 85.3 Å². The highest BCUT2D eigenvalue weighted by atomic mass is 35.5. The van der Waals surface area contributed by atoms with Crippen LogP contribution >= 0.6 is 58.0 Å². The summed E-state index contributed by atoms with van der Waals surface area (Å²) in [5.41, 5.74) is 0.139. The zero-order valence-corrected chi connectivity index (χ0v) is 22.2. The van der Waals surface area contributed by atoms with E-state index in [-0.39, 0.29) is 37.0 Å². The van der Waals surface area contributed by atoms with E-state index in [0.29, 0.717) is 5.02 Å². The number of rotatable bonds is 7. The Balaban J connectivity index is 1.77. The average molecular weight is 597 g/mol. The first-order valence-corrected chi connectivity index (χ1v) is 13.0. The number of sulfonamides is 1. The molecule has 0 aliphatic rings. The first-order valence-electron chi connectivity index (χ1n) is 9.61. The molecular weight excluding hydrogens is 582 g/mol. The van der Waals surface area contributed by atoms with Gasteiger partial charge in [0.2, 0.25) is 0 Å². The summed E-state index contributed by atoms with van der Waals surface area (Å²) >= 11 is 29.9. The third-order valence-corrected chi connectivity index (χ3v) is 7.43. The van der Waals surface area contributed by atoms with Crippen LogP contribution in [0.1, 0.15) is 17.3 Å². The summed E-state index contributed by atoms with van der Waals surface area (Å²) in [6.07, 6.45) is -1.24. The van der Waals surface area contributed by atoms with Crippen LogP contribution in [0.5, 0.6) is 0 Å². The highest BCUT2D eigenvalue weighted by Crippen LogP contribution is 2.30. The van der Waals surface area contributed by atoms with Crippen molar-refractivity contribution >= 4 is 91.3 Å². The fraction of sp³-hybridized carbons (Fsp3) is 0.0909. The van der Waals surface area contributed by atoms with E-state index in [1.165, 1.54) is 55.5 Å². The van der Waals surface area contributed by atoms with Gasteiger partial charge in [0.25, 0.3) is 15.9 Å². The largest absolute Gasteiger partial charge is 0.449 e. The molecule has 0 aliphatic heterocycles. The first kappa shape index (κ1) is 27.4. The molecule has 1 atom stereocenters. The van der Waals surface area contributed by atoms with Crippen LogP contribution in [-0.4, -0.2) is 26.4 Å². The van der Waals surface area contributed by atoms with E-state index in [1.54, 1.807) is 0 Å². The number of amides is 1. The SMILES string of the molecule is C[C@H](OC(=O)c1ccc(Cl)c(S(=O)(=O)Nc2cc(Cl)ccc2Cl)c1)C(=O)Nc1ccc(Cl)cc1Cl. The van der Waals surface area contributed by atoms with Crippen molar-refractivity contribution < 1.29 is 22.7 Å². The summed E-state index contributed by atoms with van der Waals surface area (Å²) in [4.78, 5) is 24.6. The van der Waals surface area contributed by atoms with Gasteiger partial charge >= 0.3 is 5.97 Å². The van der Waals surface area contributed by atoms with Crippen LogP contribution in [0, 0.1) is 0 Å². The fourth-order valence-corrected chi connectivity index (χ4v) is 5.17. The normalized spacial score (nSPS) is 12.1. The van der Waals surface area contributed by atoms with Gasteiger partial charge in [-0.2, -0.15) is 0 Å². The maximum absolute atomic E-state index is 12.9. The van der Waals surface area contributed by atoms with Crippen molar-refractivity contribution in [1.29, 1.82) is 0 Å². The molecule has 0 unspecified atom stereocenters. The van der Waals surface area contributed by atoms with Crippen LogP contribution in [0.3, 0.4) is 0 Å². The number of benzene rings is 3. The predicted molar refractivity (Wildman–Crippen MR) is 139 cm³/mol. The summed E-state index contributed by atoms with van der Waals surface area (Å²) in [7, 11) is -4.27. The van der Waals surface area contributed by atoms with Gasteiger partial charge in [0.05, 0.1) is 32.0 Å². The lowest BCUT2D eigenvalue weighted by molar-refractivity contribution is -0.123. The lowest BCUT2D eigenvalue weighted by atomic mass is 10.2. The van der Waals surface area contributed by atoms with Crippen LogP contribution in [-0.2, 0) is 19.6 Å². The molecule has 3 rings (SSSR count). The van der Waals surface area contributed by atoms with Gasteiger partial charge in [-0.1, -0.05) is 58.0 Å². The Kier molecular flexibility index (Phi) is 8.80. The molecule has 7 nitrogen and oxygen atoms in total. The Bertz CT molecular complexity index is 1420. The molecule has 0 spiro atoms. The Morgan fingerprint density at radius 1 is 0.800 bits per heavy atom. The van der Waals surface area contributed by atoms with Crippen molar-refractivity contribution in [2.24, 2.45) is 0 Å². The maximum atomic E-state index is 12.9. The van der Waals surface area contributed by atoms with E-state index >= 15 is 0 Å². The lowest BCUT2D eigenvalue weighted by Crippen LogP contribution is -2.30. The molecule has 0 saturated carbocycles. The zero-order chi connectivity index (χ0) is 25.9. The van der Waals surface area contributed by atoms with Gasteiger partial charge in [0, 0.05) is 10.0 Å². The number of esters is 1. The second kappa shape index (κ2) is 11.2. The second-order valence-corrected chi connectivity index (χ2v) is 10.8. The number of halogens is 5. The van der Waals surface area contributed by atoms with E-state index in [1.807, 2.05) is 0 Å². The quantitative estimate of drug-likeness (QED) is 0.288. The Morgan fingerprint density at radius 3 is 2.11 bits per heavy atom. The molecule has 3 aromatic carbocycles. The molecule has 13 heteroatoms. The average Bonchev–Trinajstić information content (AvgIpc) is 2.78. The number of carbonyl (C=O) groups is 2. The van der Waals surface area contributed by atoms with E-state index < -0.39 is 32.9 Å². The summed E-state index contributed by atoms with van der Waals surface area (Å²) in [6, 6.07) is 12.2. The highest BCUT2D eigenvalue weighted by molar-refractivity contribution is 7.92. The standard InChI is InChI=1S/C22H15Cl5N2O5S/c1-11(21(30)28-18-7-4-13(23)9-17(18)27)34-22(31)12-2-5-16(26)20(8-12)35(32,33)29-19-10-14(24)3-6-15(19)25/h2-11,29H,1H3,(H,28,30)/t11-/m0/s1. The van der Waals surface area contributed by atoms with Crippen molar-refractivity contribution in [2.75, 3.05) is 10.0 Å². The monoisotopic (exact) mass is 594 g/mol. The van der Waals surface area contributed by atoms with Crippen LogP contribution in [0.4, 0.5) is 11.4 Å². The summed E-state index contributed by atoms with van der Waals surface area (Å²) in [5.74, 6) is -1.62. The molecule has 0 fully saturated rings. The predicted octanol–water partition coefficient (Wildman–Crippen LogP) is 6.94. The molecule has 0 aromatic heterocycles. The van der Waals surface area contributed by atoms with Crippen molar-refractivity contribution in [1.82, 2.24) is 0 Å². The maximum Gasteiger partial charge on any atom is 0.338 e. The van der Waals surface area contributed by atoms with Crippen LogP contribution in [0.15, 0.2) is 59.5 Å². The van der Waals surface area contributed by atoms with E-state index in [9.17, 15) is 18.0 Å². The lowest BCUT2D eigenvalue weighted by Gasteiger charge is -2.15. The molecule has 0 radical (unpaired) electrons. The number of hydrogen-bond donors (Lipinski definition) is 2. The number of carbonyl (C=O) groups excluding carboxylic acids is 2. The van der Waals surface area contributed by atoms with E-state index in [2.05, 4.69) is 10.0 Å². The van der Waals surface area contributed by atoms with Gasteiger partial charge in [0.1, 0.15) is 4.90 Å². The minimum Gasteiger partial charge on any atom is -0.449 e. The summed E-state index contributed by atoms with van der Waals surface area (Å²) < 4.78 is 33.3. The van der Waals surface area contributed by atoms with Crippen molar-refractivity contribution in [3.8, 4) is 0 Å². The van der Waals surface area contributed by atoms with Gasteiger partial charge in [0.15, 0.2) is 6.10 Å². The molecule has 35 heavy (non-hydrogen) atoms. The van der Waals surface area contributed by atoms with Gasteiger partial charge in [-0.05, 0) is 61.5 Å². The molecule has 0 bridgehead atoms. The third kappa shape index (κ3) is 6.94. The minimum atomic E-state index is -4.27. The van der Waals surface area contributed by atoms with Gasteiger partial charge < -0.3 is 10.1 Å². The van der Waals surface area contributed by atoms with Crippen molar-refractivity contribution in [2.45, 2.75) is 17.9 Å². The van der Waals surface area contributed by atoms with E-state index in [4.69, 9.17) is 62.7 Å². The topological polar surface area (TPSA) is 102 Å². The molecule has 0 saturated heterocycles. The van der Waals surface area contributed by atoms with Gasteiger partial charge in [-0.3, -0.25) is 9.52 Å². The molecular formula is C22H15Cl5N2O5S. The number of anilines is 2. The molecule has 3 aromatic rings. The summed E-state index contributed by atoms with van der Waals surface area (Å²) in [5, 5.41) is 3.30. The Hall–Kier alpha value is -2.20. The summed E-state index contributed by atoms with van der Waals surface area (Å²) in [6.45, 7) is 1.34. The molecule has 2 N–H and O–H groups in total. The van der Waals surface area contributed by atoms with Crippen LogP contribution < -0.4 is 10.0 Å². The highest BCUT2D eigenvalue weighted by Gasteiger charge is 2.24. The number of hydrogen-bond acceptors (Lipinski definition) is 5. The molecule has 1 amide bonds. The number of nitrogens with one attached hydrogen (secondary N) is 2. The van der Waals surface area contributed by atoms with E-state index in [0.717, 1.165) is 6.07 Å². The smallest absolute Gasteiger partial charge is 0.338 e. The minimum absolute atomic E-state index is 0.0226. The molecule has 184 valence electrons. The van der Waals surface area contributed by atoms with Gasteiger partial charge in [-0.25, -0.2) is 13.2 Å². The fourth-order valence-electron chi connectivity index (χ4n) is 2.72. The Morgan fingerprint density at radius 2 is 1.43 bits per heavy atom. The molecule has 0 aliphatic carbocycles. The second-order valence-electron chi connectivity index (χ2n) is 7.04. The van der Waals surface area contributed by atoms with Crippen LogP contribution in [0.25, 0.3) is 0 Å². The van der Waals surface area contributed by atoms with Crippen molar-refractivity contribution in [3.63, 3.8) is 0 Å². The molecule has 0 heterocycles. The van der Waals surface area contributed by atoms with Crippen LogP contribution in [0.2, 0.25) is 25.1 Å². The number of ether oxygens (including phenoxy) is 1. The first-order chi connectivity index (χ1) is 16.4.